The molecule has 0 radical (unpaired) electrons. The van der Waals surface area contributed by atoms with Gasteiger partial charge in [0, 0.05) is 18.7 Å². The normalized spacial score (nSPS) is 22.6. The van der Waals surface area contributed by atoms with Crippen LogP contribution in [0.2, 0.25) is 0 Å². The second kappa shape index (κ2) is 4.76. The van der Waals surface area contributed by atoms with E-state index in [0.29, 0.717) is 19.8 Å². The van der Waals surface area contributed by atoms with Crippen LogP contribution in [0.4, 0.5) is 0 Å². The van der Waals surface area contributed by atoms with E-state index in [4.69, 9.17) is 9.84 Å². The number of rotatable bonds is 2. The highest BCUT2D eigenvalue weighted by molar-refractivity contribution is 5.94. The molecule has 0 saturated carbocycles. The third kappa shape index (κ3) is 2.85. The first kappa shape index (κ1) is 10.7. The van der Waals surface area contributed by atoms with Crippen LogP contribution in [0.5, 0.6) is 0 Å². The summed E-state index contributed by atoms with van der Waals surface area (Å²) in [5.74, 6) is -1.39. The zero-order chi connectivity index (χ0) is 10.6. The van der Waals surface area contributed by atoms with Crippen molar-refractivity contribution in [3.05, 3.63) is 12.2 Å². The van der Waals surface area contributed by atoms with Crippen LogP contribution in [0.1, 0.15) is 6.92 Å². The first-order valence-corrected chi connectivity index (χ1v) is 4.40. The van der Waals surface area contributed by atoms with E-state index in [-0.39, 0.29) is 11.9 Å². The summed E-state index contributed by atoms with van der Waals surface area (Å²) in [6.07, 6.45) is 1.93. The first-order chi connectivity index (χ1) is 6.61. The van der Waals surface area contributed by atoms with Gasteiger partial charge in [0.25, 0.3) is 0 Å². The summed E-state index contributed by atoms with van der Waals surface area (Å²) in [5, 5.41) is 8.34. The van der Waals surface area contributed by atoms with Crippen molar-refractivity contribution in [3.8, 4) is 0 Å². The topological polar surface area (TPSA) is 66.8 Å². The van der Waals surface area contributed by atoms with E-state index in [1.807, 2.05) is 6.92 Å². The zero-order valence-corrected chi connectivity index (χ0v) is 7.97. The van der Waals surface area contributed by atoms with Gasteiger partial charge in [0.05, 0.1) is 19.3 Å². The molecule has 5 nitrogen and oxygen atoms in total. The van der Waals surface area contributed by atoms with Crippen molar-refractivity contribution in [1.29, 1.82) is 0 Å². The maximum absolute atomic E-state index is 11.4. The van der Waals surface area contributed by atoms with E-state index in [1.54, 1.807) is 4.90 Å². The number of hydrogen-bond acceptors (Lipinski definition) is 3. The molecule has 0 spiro atoms. The molecule has 0 aromatic carbocycles. The molecule has 0 bridgehead atoms. The highest BCUT2D eigenvalue weighted by Crippen LogP contribution is 2.06. The Balaban J connectivity index is 2.54. The fourth-order valence-corrected chi connectivity index (χ4v) is 1.29. The van der Waals surface area contributed by atoms with Crippen molar-refractivity contribution in [2.75, 3.05) is 19.8 Å². The molecule has 0 aromatic heterocycles. The van der Waals surface area contributed by atoms with Gasteiger partial charge in [-0.2, -0.15) is 0 Å². The summed E-state index contributed by atoms with van der Waals surface area (Å²) in [7, 11) is 0. The first-order valence-electron chi connectivity index (χ1n) is 4.40. The predicted octanol–water partition coefficient (Wildman–Crippen LogP) is -0.126. The van der Waals surface area contributed by atoms with Crippen LogP contribution in [0.15, 0.2) is 12.2 Å². The average Bonchev–Trinajstić information content (AvgIpc) is 2.15. The highest BCUT2D eigenvalue weighted by Gasteiger charge is 2.21. The minimum atomic E-state index is -1.11. The van der Waals surface area contributed by atoms with Gasteiger partial charge in [0.2, 0.25) is 5.91 Å². The molecule has 1 saturated heterocycles. The minimum absolute atomic E-state index is 0.00898. The van der Waals surface area contributed by atoms with Gasteiger partial charge in [-0.3, -0.25) is 4.79 Å². The van der Waals surface area contributed by atoms with Crippen LogP contribution in [0.3, 0.4) is 0 Å². The second-order valence-electron chi connectivity index (χ2n) is 3.13. The fourth-order valence-electron chi connectivity index (χ4n) is 1.29. The van der Waals surface area contributed by atoms with Gasteiger partial charge in [-0.25, -0.2) is 4.79 Å². The number of ether oxygens (including phenoxy) is 1. The number of hydrogen-bond donors (Lipinski definition) is 1. The van der Waals surface area contributed by atoms with Crippen molar-refractivity contribution in [1.82, 2.24) is 4.90 Å². The lowest BCUT2D eigenvalue weighted by Crippen LogP contribution is -2.46. The minimum Gasteiger partial charge on any atom is -0.478 e. The summed E-state index contributed by atoms with van der Waals surface area (Å²) in [6, 6.07) is 0.00898. The molecule has 1 aliphatic rings. The van der Waals surface area contributed by atoms with Gasteiger partial charge in [-0.1, -0.05) is 0 Å². The van der Waals surface area contributed by atoms with Crippen LogP contribution < -0.4 is 0 Å². The van der Waals surface area contributed by atoms with Crippen molar-refractivity contribution in [2.24, 2.45) is 0 Å². The Morgan fingerprint density at radius 2 is 2.21 bits per heavy atom. The highest BCUT2D eigenvalue weighted by atomic mass is 16.5. The molecular formula is C9H13NO4. The molecule has 0 aliphatic carbocycles. The Hall–Kier alpha value is -1.36. The Kier molecular flexibility index (Phi) is 3.64. The Morgan fingerprint density at radius 1 is 1.50 bits per heavy atom. The quantitative estimate of drug-likeness (QED) is 0.629. The summed E-state index contributed by atoms with van der Waals surface area (Å²) >= 11 is 0. The molecule has 1 fully saturated rings. The van der Waals surface area contributed by atoms with Gasteiger partial charge in [-0.15, -0.1) is 0 Å². The van der Waals surface area contributed by atoms with Crippen LogP contribution in [0.25, 0.3) is 0 Å². The molecule has 0 aromatic rings. The number of carbonyl (C=O) groups excluding carboxylic acids is 1. The van der Waals surface area contributed by atoms with Gasteiger partial charge in [0.1, 0.15) is 0 Å². The van der Waals surface area contributed by atoms with Gasteiger partial charge in [-0.05, 0) is 6.92 Å². The second-order valence-corrected chi connectivity index (χ2v) is 3.13. The maximum Gasteiger partial charge on any atom is 0.328 e. The maximum atomic E-state index is 11.4. The van der Waals surface area contributed by atoms with Gasteiger partial charge < -0.3 is 14.7 Å². The molecule has 1 N–H and O–H groups in total. The van der Waals surface area contributed by atoms with Crippen molar-refractivity contribution < 1.29 is 19.4 Å². The van der Waals surface area contributed by atoms with Gasteiger partial charge in [0.15, 0.2) is 0 Å². The van der Waals surface area contributed by atoms with Crippen LogP contribution in [-0.4, -0.2) is 47.7 Å². The van der Waals surface area contributed by atoms with Gasteiger partial charge >= 0.3 is 5.97 Å². The van der Waals surface area contributed by atoms with Crippen molar-refractivity contribution in [3.63, 3.8) is 0 Å². The lowest BCUT2D eigenvalue weighted by molar-refractivity contribution is -0.135. The smallest absolute Gasteiger partial charge is 0.328 e. The standard InChI is InChI=1S/C9H13NO4/c1-7-6-14-5-4-10(7)8(11)2-3-9(12)13/h2-3,7H,4-6H2,1H3,(H,12,13)/b3-2+. The Bertz CT molecular complexity index is 262. The molecular weight excluding hydrogens is 186 g/mol. The molecule has 1 atom stereocenters. The summed E-state index contributed by atoms with van der Waals surface area (Å²) < 4.78 is 5.15. The Labute approximate surface area is 82.0 Å². The fraction of sp³-hybridized carbons (Fsp3) is 0.556. The summed E-state index contributed by atoms with van der Waals surface area (Å²) in [6.45, 7) is 3.40. The third-order valence-electron chi connectivity index (χ3n) is 2.02. The SMILES string of the molecule is CC1COCCN1C(=O)/C=C/C(=O)O. The van der Waals surface area contributed by atoms with E-state index in [9.17, 15) is 9.59 Å². The number of morpholine rings is 1. The molecule has 1 heterocycles. The van der Waals surface area contributed by atoms with E-state index in [0.717, 1.165) is 12.2 Å². The lowest BCUT2D eigenvalue weighted by Gasteiger charge is -2.32. The van der Waals surface area contributed by atoms with Crippen LogP contribution in [-0.2, 0) is 14.3 Å². The number of amides is 1. The molecule has 78 valence electrons. The molecule has 1 rings (SSSR count). The number of carboxylic acids is 1. The van der Waals surface area contributed by atoms with Crippen LogP contribution >= 0.6 is 0 Å². The van der Waals surface area contributed by atoms with Crippen molar-refractivity contribution in [2.45, 2.75) is 13.0 Å². The number of nitrogens with zero attached hydrogens (tertiary/aromatic N) is 1. The van der Waals surface area contributed by atoms with E-state index in [2.05, 4.69) is 0 Å². The number of carboxylic acid groups (broad SMARTS) is 1. The molecule has 5 heteroatoms. The van der Waals surface area contributed by atoms with E-state index >= 15 is 0 Å². The molecule has 1 amide bonds. The lowest BCUT2D eigenvalue weighted by atomic mass is 10.2. The predicted molar refractivity (Wildman–Crippen MR) is 48.8 cm³/mol. The van der Waals surface area contributed by atoms with Crippen molar-refractivity contribution >= 4 is 11.9 Å². The average molecular weight is 199 g/mol. The summed E-state index contributed by atoms with van der Waals surface area (Å²) in [5.41, 5.74) is 0. The Morgan fingerprint density at radius 3 is 2.79 bits per heavy atom. The largest absolute Gasteiger partial charge is 0.478 e. The molecule has 1 aliphatic heterocycles. The third-order valence-corrected chi connectivity index (χ3v) is 2.02. The van der Waals surface area contributed by atoms with E-state index in [1.165, 1.54) is 0 Å². The van der Waals surface area contributed by atoms with E-state index < -0.39 is 5.97 Å². The number of carbonyl (C=O) groups is 2. The summed E-state index contributed by atoms with van der Waals surface area (Å²) in [4.78, 5) is 23.2. The number of aliphatic carboxylic acids is 1. The monoisotopic (exact) mass is 199 g/mol. The molecule has 14 heavy (non-hydrogen) atoms. The molecule has 1 unspecified atom stereocenters. The zero-order valence-electron chi connectivity index (χ0n) is 7.97. The van der Waals surface area contributed by atoms with Crippen LogP contribution in [0, 0.1) is 0 Å².